The third-order valence-corrected chi connectivity index (χ3v) is 4.94. The molecule has 2 heterocycles. The summed E-state index contributed by atoms with van der Waals surface area (Å²) in [4.78, 5) is 9.22. The van der Waals surface area contributed by atoms with E-state index in [-0.39, 0.29) is 0 Å². The van der Waals surface area contributed by atoms with Crippen LogP contribution in [0.1, 0.15) is 0 Å². The second-order valence-corrected chi connectivity index (χ2v) is 6.52. The van der Waals surface area contributed by atoms with Gasteiger partial charge < -0.3 is 0 Å². The molecule has 0 amide bonds. The molecule has 0 unspecified atom stereocenters. The van der Waals surface area contributed by atoms with Crippen LogP contribution < -0.4 is 0 Å². The van der Waals surface area contributed by atoms with E-state index in [0.29, 0.717) is 0 Å². The first kappa shape index (κ1) is 15.6. The predicted octanol–water partition coefficient (Wildman–Crippen LogP) is 5.96. The van der Waals surface area contributed by atoms with Gasteiger partial charge in [-0.2, -0.15) is 0 Å². The van der Waals surface area contributed by atoms with E-state index in [1.807, 2.05) is 60.9 Å². The van der Waals surface area contributed by atoms with Gasteiger partial charge in [-0.1, -0.05) is 72.8 Å². The first-order chi connectivity index (χ1) is 12.4. The van der Waals surface area contributed by atoms with E-state index < -0.39 is 0 Å². The number of aromatic nitrogens is 2. The summed E-state index contributed by atoms with van der Waals surface area (Å²) in [7, 11) is 0. The third-order valence-electron chi connectivity index (χ3n) is 3.91. The summed E-state index contributed by atoms with van der Waals surface area (Å²) in [5.74, 6) is 0. The molecule has 2 aromatic carbocycles. The maximum atomic E-state index is 4.61. The van der Waals surface area contributed by atoms with Crippen molar-refractivity contribution in [2.45, 2.75) is 10.1 Å². The summed E-state index contributed by atoms with van der Waals surface area (Å²) >= 11 is 1.61. The normalized spacial score (nSPS) is 10.6. The summed E-state index contributed by atoms with van der Waals surface area (Å²) in [5, 5.41) is 1.93. The van der Waals surface area contributed by atoms with Crippen LogP contribution in [-0.4, -0.2) is 9.97 Å². The van der Waals surface area contributed by atoms with Gasteiger partial charge in [-0.15, -0.1) is 0 Å². The number of rotatable bonds is 4. The summed E-state index contributed by atoms with van der Waals surface area (Å²) in [6.07, 6.45) is 3.67. The Morgan fingerprint density at radius 2 is 0.920 bits per heavy atom. The van der Waals surface area contributed by atoms with Crippen LogP contribution in [0.3, 0.4) is 0 Å². The van der Waals surface area contributed by atoms with E-state index in [9.17, 15) is 0 Å². The van der Waals surface area contributed by atoms with Gasteiger partial charge in [-0.05, 0) is 35.0 Å². The zero-order chi connectivity index (χ0) is 16.9. The number of hydrogen-bond donors (Lipinski definition) is 0. The Bertz CT molecular complexity index is 888. The average molecular weight is 340 g/mol. The predicted molar refractivity (Wildman–Crippen MR) is 103 cm³/mol. The summed E-state index contributed by atoms with van der Waals surface area (Å²) in [5.41, 5.74) is 4.57. The molecule has 0 radical (unpaired) electrons. The van der Waals surface area contributed by atoms with Crippen molar-refractivity contribution < 1.29 is 0 Å². The molecule has 4 rings (SSSR count). The van der Waals surface area contributed by atoms with Gasteiger partial charge in [0.25, 0.3) is 0 Å². The van der Waals surface area contributed by atoms with Gasteiger partial charge >= 0.3 is 0 Å². The molecule has 0 saturated carbocycles. The molecule has 3 heteroatoms. The Hall–Kier alpha value is -2.91. The third kappa shape index (κ3) is 3.47. The van der Waals surface area contributed by atoms with Crippen molar-refractivity contribution in [3.05, 3.63) is 97.3 Å². The fraction of sp³-hybridized carbons (Fsp3) is 0. The van der Waals surface area contributed by atoms with Gasteiger partial charge in [-0.3, -0.25) is 0 Å². The van der Waals surface area contributed by atoms with Gasteiger partial charge in [0.15, 0.2) is 0 Å². The van der Waals surface area contributed by atoms with Crippen molar-refractivity contribution >= 4 is 11.8 Å². The highest BCUT2D eigenvalue weighted by molar-refractivity contribution is 7.99. The Kier molecular flexibility index (Phi) is 4.57. The Morgan fingerprint density at radius 3 is 1.36 bits per heavy atom. The van der Waals surface area contributed by atoms with Crippen LogP contribution in [0.5, 0.6) is 0 Å². The largest absolute Gasteiger partial charge is 0.249 e. The van der Waals surface area contributed by atoms with E-state index in [0.717, 1.165) is 32.3 Å². The van der Waals surface area contributed by atoms with Crippen molar-refractivity contribution in [2.75, 3.05) is 0 Å². The summed E-state index contributed by atoms with van der Waals surface area (Å²) in [6, 6.07) is 28.8. The monoisotopic (exact) mass is 340 g/mol. The summed E-state index contributed by atoms with van der Waals surface area (Å²) < 4.78 is 0. The molecular formula is C22H16N2S. The van der Waals surface area contributed by atoms with Crippen LogP contribution in [0.2, 0.25) is 0 Å². The number of nitrogens with zero attached hydrogens (tertiary/aromatic N) is 2. The van der Waals surface area contributed by atoms with Crippen LogP contribution in [0.15, 0.2) is 107 Å². The van der Waals surface area contributed by atoms with Crippen molar-refractivity contribution in [3.63, 3.8) is 0 Å². The lowest BCUT2D eigenvalue weighted by Crippen LogP contribution is -1.90. The van der Waals surface area contributed by atoms with Gasteiger partial charge in [0, 0.05) is 23.5 Å². The molecule has 25 heavy (non-hydrogen) atoms. The highest BCUT2D eigenvalue weighted by Crippen LogP contribution is 2.37. The molecule has 0 spiro atoms. The lowest BCUT2D eigenvalue weighted by Gasteiger charge is -2.11. The first-order valence-electron chi connectivity index (χ1n) is 8.10. The van der Waals surface area contributed by atoms with Crippen molar-refractivity contribution in [1.29, 1.82) is 0 Å². The first-order valence-corrected chi connectivity index (χ1v) is 8.92. The molecule has 0 aliphatic heterocycles. The maximum Gasteiger partial charge on any atom is 0.110 e. The zero-order valence-corrected chi connectivity index (χ0v) is 14.4. The van der Waals surface area contributed by atoms with Crippen LogP contribution in [0, 0.1) is 0 Å². The quantitative estimate of drug-likeness (QED) is 0.458. The lowest BCUT2D eigenvalue weighted by molar-refractivity contribution is 1.10. The molecule has 120 valence electrons. The maximum absolute atomic E-state index is 4.61. The molecule has 0 aliphatic carbocycles. The van der Waals surface area contributed by atoms with E-state index in [1.54, 1.807) is 11.8 Å². The molecule has 2 aromatic heterocycles. The minimum Gasteiger partial charge on any atom is -0.249 e. The highest BCUT2D eigenvalue weighted by atomic mass is 32.2. The molecule has 0 atom stereocenters. The second kappa shape index (κ2) is 7.32. The van der Waals surface area contributed by atoms with E-state index in [2.05, 4.69) is 46.4 Å². The molecule has 4 aromatic rings. The minimum absolute atomic E-state index is 0.963. The van der Waals surface area contributed by atoms with Crippen LogP contribution in [0.25, 0.3) is 22.3 Å². The van der Waals surface area contributed by atoms with Crippen LogP contribution >= 0.6 is 11.8 Å². The molecule has 0 bridgehead atoms. The number of benzene rings is 2. The lowest BCUT2D eigenvalue weighted by atomic mass is 10.1. The number of pyridine rings is 2. The fourth-order valence-corrected chi connectivity index (χ4v) is 3.71. The SMILES string of the molecule is c1ccc(-c2cccnc2Sc2ncccc2-c2ccccc2)cc1. The Morgan fingerprint density at radius 1 is 0.480 bits per heavy atom. The van der Waals surface area contributed by atoms with Crippen molar-refractivity contribution in [3.8, 4) is 22.3 Å². The second-order valence-electron chi connectivity index (χ2n) is 5.55. The molecule has 0 N–H and O–H groups in total. The Labute approximate surface area is 151 Å². The minimum atomic E-state index is 0.963. The van der Waals surface area contributed by atoms with Gasteiger partial charge in [0.1, 0.15) is 10.1 Å². The van der Waals surface area contributed by atoms with Gasteiger partial charge in [0.05, 0.1) is 0 Å². The fourth-order valence-electron chi connectivity index (χ4n) is 2.71. The standard InChI is InChI=1S/C22H16N2S/c1-3-9-17(10-4-1)19-13-7-15-23-21(19)25-22-20(14-8-16-24-22)18-11-5-2-6-12-18/h1-16H. The van der Waals surface area contributed by atoms with Crippen LogP contribution in [0.4, 0.5) is 0 Å². The van der Waals surface area contributed by atoms with E-state index in [1.165, 1.54) is 0 Å². The van der Waals surface area contributed by atoms with Gasteiger partial charge in [0.2, 0.25) is 0 Å². The summed E-state index contributed by atoms with van der Waals surface area (Å²) in [6.45, 7) is 0. The molecule has 0 aliphatic rings. The average Bonchev–Trinajstić information content (AvgIpc) is 2.70. The molecule has 0 saturated heterocycles. The topological polar surface area (TPSA) is 25.8 Å². The highest BCUT2D eigenvalue weighted by Gasteiger charge is 2.12. The Balaban J connectivity index is 1.76. The van der Waals surface area contributed by atoms with E-state index >= 15 is 0 Å². The van der Waals surface area contributed by atoms with E-state index in [4.69, 9.17) is 0 Å². The van der Waals surface area contributed by atoms with Crippen molar-refractivity contribution in [2.24, 2.45) is 0 Å². The molecular weight excluding hydrogens is 324 g/mol. The zero-order valence-electron chi connectivity index (χ0n) is 13.5. The van der Waals surface area contributed by atoms with Crippen LogP contribution in [-0.2, 0) is 0 Å². The molecule has 2 nitrogen and oxygen atoms in total. The smallest absolute Gasteiger partial charge is 0.110 e. The van der Waals surface area contributed by atoms with Crippen molar-refractivity contribution in [1.82, 2.24) is 9.97 Å². The van der Waals surface area contributed by atoms with Gasteiger partial charge in [-0.25, -0.2) is 9.97 Å². The molecule has 0 fully saturated rings. The number of hydrogen-bond acceptors (Lipinski definition) is 3.